The van der Waals surface area contributed by atoms with Crippen LogP contribution in [0.1, 0.15) is 86.0 Å². The molecule has 43 heavy (non-hydrogen) atoms. The van der Waals surface area contributed by atoms with E-state index in [2.05, 4.69) is 37.1 Å². The normalized spacial score (nSPS) is 26.3. The molecule has 1 N–H and O–H groups in total. The van der Waals surface area contributed by atoms with Crippen molar-refractivity contribution < 1.29 is 28.1 Å². The van der Waals surface area contributed by atoms with Crippen LogP contribution in [0.2, 0.25) is 0 Å². The summed E-state index contributed by atoms with van der Waals surface area (Å²) in [5, 5.41) is 10.4. The smallest absolute Gasteiger partial charge is 0.348 e. The molecule has 3 aliphatic rings. The van der Waals surface area contributed by atoms with Crippen LogP contribution in [0.4, 0.5) is 5.69 Å². The molecule has 1 unspecified atom stereocenters. The number of nitrogens with zero attached hydrogens (tertiary/aromatic N) is 2. The first-order valence-corrected chi connectivity index (χ1v) is 17.9. The third-order valence-corrected chi connectivity index (χ3v) is 13.6. The molecule has 6 rings (SSSR count). The third kappa shape index (κ3) is 5.89. The molecule has 1 aliphatic heterocycles. The summed E-state index contributed by atoms with van der Waals surface area (Å²) in [6.45, 7) is 7.67. The summed E-state index contributed by atoms with van der Waals surface area (Å²) in [4.78, 5) is 18.2. The van der Waals surface area contributed by atoms with Gasteiger partial charge in [0, 0.05) is 41.8 Å². The van der Waals surface area contributed by atoms with Crippen molar-refractivity contribution in [3.05, 3.63) is 64.2 Å². The number of aromatic nitrogens is 1. The second kappa shape index (κ2) is 12.4. The van der Waals surface area contributed by atoms with Gasteiger partial charge in [0.25, 0.3) is 7.52 Å². The quantitative estimate of drug-likeness (QED) is 0.236. The number of fused-ring (bicyclic) bond motifs is 1. The van der Waals surface area contributed by atoms with Crippen LogP contribution >= 0.6 is 18.9 Å². The summed E-state index contributed by atoms with van der Waals surface area (Å²) in [5.74, 6) is 0.427. The Labute approximate surface area is 257 Å². The molecule has 0 amide bonds. The lowest BCUT2D eigenvalue weighted by molar-refractivity contribution is 0.0702. The maximum absolute atomic E-state index is 15.2. The zero-order chi connectivity index (χ0) is 30.2. The molecule has 2 atom stereocenters. The first-order valence-electron chi connectivity index (χ1n) is 15.5. The Bertz CT molecular complexity index is 1550. The SMILES string of the molecule is CCO[P@](=O)(C1CCC(C)CC1)N(c1cc(C2=CCC(C)(c3cc4ncccc4o3)C=C2)sc1C(=O)O)C1CCOCC1. The van der Waals surface area contributed by atoms with Gasteiger partial charge in [0.05, 0.1) is 18.0 Å². The number of ether oxygens (including phenoxy) is 1. The van der Waals surface area contributed by atoms with Crippen molar-refractivity contribution in [1.29, 1.82) is 0 Å². The number of thiophene rings is 1. The van der Waals surface area contributed by atoms with Crippen LogP contribution in [0.3, 0.4) is 0 Å². The number of aromatic carboxylic acids is 1. The van der Waals surface area contributed by atoms with E-state index in [9.17, 15) is 9.90 Å². The number of pyridine rings is 1. The van der Waals surface area contributed by atoms with Gasteiger partial charge in [-0.15, -0.1) is 11.3 Å². The number of allylic oxidation sites excluding steroid dienone is 4. The topological polar surface area (TPSA) is 102 Å². The van der Waals surface area contributed by atoms with Crippen LogP contribution in [0.15, 0.2) is 53.1 Å². The van der Waals surface area contributed by atoms with Gasteiger partial charge in [-0.1, -0.05) is 25.2 Å². The molecular formula is C33H41N2O6PS. The van der Waals surface area contributed by atoms with Crippen molar-refractivity contribution in [2.24, 2.45) is 5.92 Å². The standard InChI is InChI=1S/C33H41N2O6PS/c1-4-40-42(38,25-9-7-22(2)8-10-25)35(24-13-18-39-19-14-24)27-21-29(43-31(27)32(36)37)23-11-15-33(3,16-12-23)30-20-26-28(41-30)6-5-17-34-26/h5-6,11-12,15,17,20-22,24-25H,4,7-10,13-14,16,18-19H2,1-3H3,(H,36,37)/t22?,25?,33?,42-/m1/s1. The molecule has 4 heterocycles. The van der Waals surface area contributed by atoms with Gasteiger partial charge in [0.15, 0.2) is 5.58 Å². The molecule has 0 radical (unpaired) electrons. The average molecular weight is 625 g/mol. The van der Waals surface area contributed by atoms with Gasteiger partial charge >= 0.3 is 5.97 Å². The molecule has 2 aliphatic carbocycles. The highest BCUT2D eigenvalue weighted by atomic mass is 32.1. The lowest BCUT2D eigenvalue weighted by Gasteiger charge is -2.44. The highest BCUT2D eigenvalue weighted by Gasteiger charge is 2.47. The molecule has 230 valence electrons. The van der Waals surface area contributed by atoms with Gasteiger partial charge < -0.3 is 18.8 Å². The molecule has 10 heteroatoms. The minimum atomic E-state index is -3.43. The molecule has 0 aromatic carbocycles. The zero-order valence-electron chi connectivity index (χ0n) is 25.2. The summed E-state index contributed by atoms with van der Waals surface area (Å²) in [6.07, 6.45) is 13.8. The number of hydrogen-bond donors (Lipinski definition) is 1. The molecule has 0 spiro atoms. The first kappa shape index (κ1) is 30.3. The van der Waals surface area contributed by atoms with Crippen molar-refractivity contribution in [2.75, 3.05) is 24.5 Å². The Morgan fingerprint density at radius 3 is 2.63 bits per heavy atom. The van der Waals surface area contributed by atoms with E-state index in [1.54, 1.807) is 6.20 Å². The highest BCUT2D eigenvalue weighted by molar-refractivity contribution is 7.61. The first-order chi connectivity index (χ1) is 20.7. The number of carboxylic acids is 1. The van der Waals surface area contributed by atoms with Crippen molar-refractivity contribution in [3.8, 4) is 0 Å². The van der Waals surface area contributed by atoms with Gasteiger partial charge in [-0.05, 0) is 88.5 Å². The molecule has 1 saturated heterocycles. The summed E-state index contributed by atoms with van der Waals surface area (Å²) >= 11 is 1.25. The van der Waals surface area contributed by atoms with Gasteiger partial charge in [-0.2, -0.15) is 0 Å². The maximum Gasteiger partial charge on any atom is 0.348 e. The largest absolute Gasteiger partial charge is 0.477 e. The Morgan fingerprint density at radius 2 is 1.98 bits per heavy atom. The van der Waals surface area contributed by atoms with E-state index in [0.717, 1.165) is 53.0 Å². The summed E-state index contributed by atoms with van der Waals surface area (Å²) in [6, 6.07) is 7.59. The summed E-state index contributed by atoms with van der Waals surface area (Å²) < 4.78 is 35.2. The monoisotopic (exact) mass is 624 g/mol. The van der Waals surface area contributed by atoms with Crippen LogP contribution in [-0.4, -0.2) is 47.6 Å². The van der Waals surface area contributed by atoms with E-state index in [0.29, 0.717) is 50.7 Å². The fourth-order valence-electron chi connectivity index (χ4n) is 6.70. The molecule has 0 bridgehead atoms. The van der Waals surface area contributed by atoms with E-state index >= 15 is 4.57 Å². The van der Waals surface area contributed by atoms with Crippen LogP contribution in [0.5, 0.6) is 0 Å². The highest BCUT2D eigenvalue weighted by Crippen LogP contribution is 2.64. The van der Waals surface area contributed by atoms with Crippen molar-refractivity contribution in [1.82, 2.24) is 4.98 Å². The van der Waals surface area contributed by atoms with Crippen molar-refractivity contribution in [2.45, 2.75) is 82.8 Å². The van der Waals surface area contributed by atoms with Crippen LogP contribution < -0.4 is 4.67 Å². The second-order valence-electron chi connectivity index (χ2n) is 12.3. The predicted octanol–water partition coefficient (Wildman–Crippen LogP) is 8.68. The van der Waals surface area contributed by atoms with Gasteiger partial charge in [0.1, 0.15) is 16.2 Å². The van der Waals surface area contributed by atoms with Gasteiger partial charge in [0.2, 0.25) is 0 Å². The van der Waals surface area contributed by atoms with Crippen LogP contribution in [0.25, 0.3) is 16.7 Å². The minimum absolute atomic E-state index is 0.119. The number of carboxylic acid groups (broad SMARTS) is 1. The molecule has 1 saturated carbocycles. The fraction of sp³-hybridized carbons (Fsp3) is 0.515. The Balaban J connectivity index is 1.37. The molecule has 3 aromatic heterocycles. The van der Waals surface area contributed by atoms with Gasteiger partial charge in [-0.3, -0.25) is 14.2 Å². The average Bonchev–Trinajstić information content (AvgIpc) is 3.65. The van der Waals surface area contributed by atoms with Crippen LogP contribution in [0, 0.1) is 5.92 Å². The van der Waals surface area contributed by atoms with Crippen LogP contribution in [-0.2, 0) is 19.2 Å². The van der Waals surface area contributed by atoms with Crippen molar-refractivity contribution >= 4 is 47.2 Å². The Kier molecular flexibility index (Phi) is 8.71. The molecule has 3 aromatic rings. The Morgan fingerprint density at radius 1 is 1.21 bits per heavy atom. The van der Waals surface area contributed by atoms with E-state index in [1.807, 2.05) is 35.9 Å². The minimum Gasteiger partial charge on any atom is -0.477 e. The van der Waals surface area contributed by atoms with Gasteiger partial charge in [-0.25, -0.2) is 4.79 Å². The summed E-state index contributed by atoms with van der Waals surface area (Å²) in [7, 11) is -3.43. The van der Waals surface area contributed by atoms with E-state index in [4.69, 9.17) is 13.7 Å². The van der Waals surface area contributed by atoms with Crippen molar-refractivity contribution in [3.63, 3.8) is 0 Å². The van der Waals surface area contributed by atoms with E-state index in [1.165, 1.54) is 11.3 Å². The third-order valence-electron chi connectivity index (χ3n) is 9.26. The maximum atomic E-state index is 15.2. The molecule has 2 fully saturated rings. The molecule has 8 nitrogen and oxygen atoms in total. The van der Waals surface area contributed by atoms with E-state index < -0.39 is 13.5 Å². The van der Waals surface area contributed by atoms with E-state index in [-0.39, 0.29) is 22.0 Å². The lowest BCUT2D eigenvalue weighted by atomic mass is 9.79. The predicted molar refractivity (Wildman–Crippen MR) is 171 cm³/mol. The number of rotatable bonds is 9. The number of anilines is 1. The fourth-order valence-corrected chi connectivity index (χ4v) is 10.9. The Hall–Kier alpha value is -2.71. The lowest BCUT2D eigenvalue weighted by Crippen LogP contribution is -2.41. The number of furan rings is 1. The second-order valence-corrected chi connectivity index (χ2v) is 15.9. The molecular weight excluding hydrogens is 583 g/mol. The number of carbonyl (C=O) groups is 1. The number of hydrogen-bond acceptors (Lipinski definition) is 7. The zero-order valence-corrected chi connectivity index (χ0v) is 26.9. The summed E-state index contributed by atoms with van der Waals surface area (Å²) in [5.41, 5.74) is 2.59.